The van der Waals surface area contributed by atoms with E-state index in [4.69, 9.17) is 9.47 Å². The van der Waals surface area contributed by atoms with Gasteiger partial charge in [0.15, 0.2) is 0 Å². The van der Waals surface area contributed by atoms with Gasteiger partial charge in [-0.05, 0) is 32.0 Å². The molecule has 1 unspecified atom stereocenters. The molecule has 0 saturated carbocycles. The van der Waals surface area contributed by atoms with E-state index in [1.165, 1.54) is 0 Å². The Bertz CT molecular complexity index is 434. The van der Waals surface area contributed by atoms with E-state index in [9.17, 15) is 5.11 Å². The van der Waals surface area contributed by atoms with Gasteiger partial charge in [-0.25, -0.2) is 0 Å². The van der Waals surface area contributed by atoms with Crippen molar-refractivity contribution in [3.05, 3.63) is 23.8 Å². The first-order valence-corrected chi connectivity index (χ1v) is 7.75. The molecule has 5 heteroatoms. The van der Waals surface area contributed by atoms with Gasteiger partial charge in [-0.3, -0.25) is 4.90 Å². The van der Waals surface area contributed by atoms with E-state index in [0.29, 0.717) is 19.8 Å². The summed E-state index contributed by atoms with van der Waals surface area (Å²) in [4.78, 5) is 2.27. The van der Waals surface area contributed by atoms with Crippen LogP contribution in [0.25, 0.3) is 0 Å². The van der Waals surface area contributed by atoms with Crippen LogP contribution >= 0.6 is 0 Å². The van der Waals surface area contributed by atoms with Crippen LogP contribution in [0, 0.1) is 0 Å². The molecule has 1 aromatic carbocycles. The van der Waals surface area contributed by atoms with Gasteiger partial charge in [0.05, 0.1) is 19.3 Å². The minimum atomic E-state index is -0.565. The van der Waals surface area contributed by atoms with E-state index in [1.807, 2.05) is 32.0 Å². The number of hydrogen-bond donors (Lipinski definition) is 2. The van der Waals surface area contributed by atoms with Crippen molar-refractivity contribution in [3.63, 3.8) is 0 Å². The molecule has 2 N–H and O–H groups in total. The van der Waals surface area contributed by atoms with E-state index < -0.39 is 6.10 Å². The number of ether oxygens (including phenoxy) is 2. The molecular weight excluding hydrogens is 268 g/mol. The maximum absolute atomic E-state index is 10.6. The normalized spacial score (nSPS) is 17.5. The van der Waals surface area contributed by atoms with Crippen molar-refractivity contribution >= 4 is 0 Å². The number of rotatable bonds is 7. The lowest BCUT2D eigenvalue weighted by molar-refractivity contribution is 0.102. The third kappa shape index (κ3) is 4.59. The average molecular weight is 294 g/mol. The number of piperazine rings is 1. The summed E-state index contributed by atoms with van der Waals surface area (Å²) in [5.41, 5.74) is 0.807. The minimum absolute atomic E-state index is 0.565. The van der Waals surface area contributed by atoms with E-state index >= 15 is 0 Å². The van der Waals surface area contributed by atoms with Gasteiger partial charge in [-0.1, -0.05) is 0 Å². The molecule has 5 nitrogen and oxygen atoms in total. The summed E-state index contributed by atoms with van der Waals surface area (Å²) in [5, 5.41) is 13.9. The van der Waals surface area contributed by atoms with Gasteiger partial charge in [-0.15, -0.1) is 0 Å². The van der Waals surface area contributed by atoms with Crippen LogP contribution in [0.4, 0.5) is 0 Å². The van der Waals surface area contributed by atoms with E-state index in [1.54, 1.807) is 0 Å². The SMILES string of the molecule is CCOc1ccc(OCC)c(C(O)CN2CCNCC2)c1. The number of aliphatic hydroxyl groups is 1. The summed E-state index contributed by atoms with van der Waals surface area (Å²) < 4.78 is 11.2. The Morgan fingerprint density at radius 1 is 1.19 bits per heavy atom. The number of hydrogen-bond acceptors (Lipinski definition) is 5. The number of nitrogens with one attached hydrogen (secondary N) is 1. The van der Waals surface area contributed by atoms with Gasteiger partial charge in [0.1, 0.15) is 11.5 Å². The smallest absolute Gasteiger partial charge is 0.125 e. The molecule has 1 heterocycles. The van der Waals surface area contributed by atoms with Crippen LogP contribution < -0.4 is 14.8 Å². The molecule has 1 aliphatic heterocycles. The maximum Gasteiger partial charge on any atom is 0.125 e. The van der Waals surface area contributed by atoms with Crippen molar-refractivity contribution in [3.8, 4) is 11.5 Å². The molecule has 1 saturated heterocycles. The molecule has 0 aromatic heterocycles. The predicted molar refractivity (Wildman–Crippen MR) is 83.0 cm³/mol. The van der Waals surface area contributed by atoms with Gasteiger partial charge in [0, 0.05) is 38.3 Å². The Labute approximate surface area is 126 Å². The van der Waals surface area contributed by atoms with E-state index in [-0.39, 0.29) is 0 Å². The van der Waals surface area contributed by atoms with Gasteiger partial charge < -0.3 is 19.9 Å². The average Bonchev–Trinajstić information content (AvgIpc) is 2.50. The lowest BCUT2D eigenvalue weighted by atomic mass is 10.1. The zero-order valence-electron chi connectivity index (χ0n) is 13.0. The number of aliphatic hydroxyl groups excluding tert-OH is 1. The molecule has 1 atom stereocenters. The monoisotopic (exact) mass is 294 g/mol. The quantitative estimate of drug-likeness (QED) is 0.796. The van der Waals surface area contributed by atoms with Gasteiger partial charge in [-0.2, -0.15) is 0 Å². The molecule has 0 bridgehead atoms. The van der Waals surface area contributed by atoms with E-state index in [0.717, 1.165) is 43.2 Å². The Hall–Kier alpha value is -1.30. The molecule has 1 aliphatic rings. The predicted octanol–water partition coefficient (Wildman–Crippen LogP) is 1.42. The Kier molecular flexibility index (Phi) is 6.29. The summed E-state index contributed by atoms with van der Waals surface area (Å²) >= 11 is 0. The van der Waals surface area contributed by atoms with E-state index in [2.05, 4.69) is 10.2 Å². The lowest BCUT2D eigenvalue weighted by Crippen LogP contribution is -2.45. The first-order chi connectivity index (χ1) is 10.2. The summed E-state index contributed by atoms with van der Waals surface area (Å²) in [7, 11) is 0. The second-order valence-electron chi connectivity index (χ2n) is 5.13. The fraction of sp³-hybridized carbons (Fsp3) is 0.625. The highest BCUT2D eigenvalue weighted by molar-refractivity contribution is 5.42. The van der Waals surface area contributed by atoms with Crippen molar-refractivity contribution < 1.29 is 14.6 Å². The molecule has 2 rings (SSSR count). The van der Waals surface area contributed by atoms with Crippen molar-refractivity contribution in [1.82, 2.24) is 10.2 Å². The first-order valence-electron chi connectivity index (χ1n) is 7.75. The summed E-state index contributed by atoms with van der Waals surface area (Å²) in [6.07, 6.45) is -0.565. The van der Waals surface area contributed by atoms with Crippen LogP contribution in [0.5, 0.6) is 11.5 Å². The fourth-order valence-electron chi connectivity index (χ4n) is 2.57. The van der Waals surface area contributed by atoms with Crippen LogP contribution in [0.2, 0.25) is 0 Å². The largest absolute Gasteiger partial charge is 0.494 e. The van der Waals surface area contributed by atoms with Crippen molar-refractivity contribution in [2.45, 2.75) is 20.0 Å². The van der Waals surface area contributed by atoms with Gasteiger partial charge in [0.2, 0.25) is 0 Å². The number of benzene rings is 1. The Morgan fingerprint density at radius 2 is 1.90 bits per heavy atom. The fourth-order valence-corrected chi connectivity index (χ4v) is 2.57. The zero-order valence-corrected chi connectivity index (χ0v) is 13.0. The standard InChI is InChI=1S/C16H26N2O3/c1-3-20-13-5-6-16(21-4-2)14(11-13)15(19)12-18-9-7-17-8-10-18/h5-6,11,15,17,19H,3-4,7-10,12H2,1-2H3. The third-order valence-corrected chi connectivity index (χ3v) is 3.59. The third-order valence-electron chi connectivity index (χ3n) is 3.59. The van der Waals surface area contributed by atoms with Crippen LogP contribution in [0.1, 0.15) is 25.5 Å². The second-order valence-corrected chi connectivity index (χ2v) is 5.13. The molecule has 1 fully saturated rings. The second kappa shape index (κ2) is 8.22. The highest BCUT2D eigenvalue weighted by atomic mass is 16.5. The number of β-amino-alcohol motifs (C(OH)–C–C–N with tert-alkyl or cyclic N) is 1. The molecule has 0 radical (unpaired) electrons. The van der Waals surface area contributed by atoms with Crippen molar-refractivity contribution in [2.24, 2.45) is 0 Å². The minimum Gasteiger partial charge on any atom is -0.494 e. The molecule has 0 spiro atoms. The molecule has 0 amide bonds. The highest BCUT2D eigenvalue weighted by Gasteiger charge is 2.19. The van der Waals surface area contributed by atoms with Gasteiger partial charge in [0.25, 0.3) is 0 Å². The zero-order chi connectivity index (χ0) is 15.1. The lowest BCUT2D eigenvalue weighted by Gasteiger charge is -2.29. The topological polar surface area (TPSA) is 54.0 Å². The molecular formula is C16H26N2O3. The summed E-state index contributed by atoms with van der Waals surface area (Å²) in [6, 6.07) is 5.65. The van der Waals surface area contributed by atoms with Crippen LogP contribution in [-0.2, 0) is 0 Å². The Morgan fingerprint density at radius 3 is 2.57 bits per heavy atom. The molecule has 21 heavy (non-hydrogen) atoms. The highest BCUT2D eigenvalue weighted by Crippen LogP contribution is 2.30. The summed E-state index contributed by atoms with van der Waals surface area (Å²) in [6.45, 7) is 9.60. The molecule has 1 aromatic rings. The van der Waals surface area contributed by atoms with Crippen LogP contribution in [-0.4, -0.2) is 55.9 Å². The molecule has 118 valence electrons. The molecule has 0 aliphatic carbocycles. The maximum atomic E-state index is 10.6. The number of nitrogens with zero attached hydrogens (tertiary/aromatic N) is 1. The van der Waals surface area contributed by atoms with Crippen LogP contribution in [0.3, 0.4) is 0 Å². The van der Waals surface area contributed by atoms with Crippen molar-refractivity contribution in [1.29, 1.82) is 0 Å². The van der Waals surface area contributed by atoms with Gasteiger partial charge >= 0.3 is 0 Å². The van der Waals surface area contributed by atoms with Crippen molar-refractivity contribution in [2.75, 3.05) is 45.9 Å². The summed E-state index contributed by atoms with van der Waals surface area (Å²) in [5.74, 6) is 1.51. The Balaban J connectivity index is 2.11. The first kappa shape index (κ1) is 16.1. The van der Waals surface area contributed by atoms with Crippen LogP contribution in [0.15, 0.2) is 18.2 Å².